The molecule has 0 radical (unpaired) electrons. The second-order valence-electron chi connectivity index (χ2n) is 3.97. The van der Waals surface area contributed by atoms with Crippen molar-refractivity contribution >= 4 is 11.9 Å². The molecule has 1 N–H and O–H groups in total. The number of carbonyl (C=O) groups is 2. The summed E-state index contributed by atoms with van der Waals surface area (Å²) in [6, 6.07) is 1.77. The van der Waals surface area contributed by atoms with Crippen molar-refractivity contribution in [2.45, 2.75) is 19.8 Å². The lowest BCUT2D eigenvalue weighted by Crippen LogP contribution is -2.28. The molecule has 0 spiro atoms. The van der Waals surface area contributed by atoms with Crippen molar-refractivity contribution in [1.82, 2.24) is 9.88 Å². The normalized spacial score (nSPS) is 10.0. The van der Waals surface area contributed by atoms with Gasteiger partial charge in [0.1, 0.15) is 0 Å². The first-order chi connectivity index (χ1) is 8.00. The van der Waals surface area contributed by atoms with Crippen LogP contribution in [0.5, 0.6) is 0 Å². The van der Waals surface area contributed by atoms with Crippen molar-refractivity contribution in [1.29, 1.82) is 0 Å². The van der Waals surface area contributed by atoms with Crippen LogP contribution in [0.4, 0.5) is 0 Å². The quantitative estimate of drug-likeness (QED) is 0.837. The zero-order valence-electron chi connectivity index (χ0n) is 10.0. The van der Waals surface area contributed by atoms with Gasteiger partial charge in [0, 0.05) is 32.4 Å². The molecule has 92 valence electrons. The first kappa shape index (κ1) is 13.2. The van der Waals surface area contributed by atoms with Crippen LogP contribution in [-0.4, -0.2) is 40.5 Å². The van der Waals surface area contributed by atoms with Gasteiger partial charge in [-0.25, -0.2) is 0 Å². The summed E-state index contributed by atoms with van der Waals surface area (Å²) < 4.78 is 0. The van der Waals surface area contributed by atoms with Crippen LogP contribution in [0.1, 0.15) is 28.8 Å². The molecule has 0 aromatic carbocycles. The van der Waals surface area contributed by atoms with Gasteiger partial charge in [0.05, 0.1) is 5.56 Å². The monoisotopic (exact) mass is 236 g/mol. The van der Waals surface area contributed by atoms with Crippen molar-refractivity contribution in [2.75, 3.05) is 13.6 Å². The second kappa shape index (κ2) is 5.98. The lowest BCUT2D eigenvalue weighted by molar-refractivity contribution is -0.137. The number of nitrogens with zero attached hydrogens (tertiary/aromatic N) is 2. The summed E-state index contributed by atoms with van der Waals surface area (Å²) in [5, 5.41) is 8.50. The van der Waals surface area contributed by atoms with E-state index in [0.717, 1.165) is 5.56 Å². The Labute approximate surface area is 100 Å². The molecule has 0 aliphatic heterocycles. The standard InChI is InChI=1S/C12H16N2O3/c1-9-6-10(8-13-7-9)12(17)14(2)5-3-4-11(15)16/h6-8H,3-5H2,1-2H3,(H,15,16). The maximum Gasteiger partial charge on any atom is 0.303 e. The molecule has 0 aliphatic rings. The van der Waals surface area contributed by atoms with Gasteiger partial charge in [0.2, 0.25) is 0 Å². The van der Waals surface area contributed by atoms with Gasteiger partial charge in [-0.1, -0.05) is 0 Å². The summed E-state index contributed by atoms with van der Waals surface area (Å²) in [6.07, 6.45) is 3.73. The van der Waals surface area contributed by atoms with Gasteiger partial charge in [-0.15, -0.1) is 0 Å². The van der Waals surface area contributed by atoms with E-state index >= 15 is 0 Å². The van der Waals surface area contributed by atoms with Crippen LogP contribution < -0.4 is 0 Å². The Hall–Kier alpha value is -1.91. The van der Waals surface area contributed by atoms with Crippen LogP contribution in [0, 0.1) is 6.92 Å². The first-order valence-corrected chi connectivity index (χ1v) is 5.39. The Balaban J connectivity index is 2.54. The Morgan fingerprint density at radius 3 is 2.71 bits per heavy atom. The highest BCUT2D eigenvalue weighted by Gasteiger charge is 2.12. The Morgan fingerprint density at radius 2 is 2.12 bits per heavy atom. The number of carboxylic acids is 1. The van der Waals surface area contributed by atoms with Gasteiger partial charge in [0.25, 0.3) is 5.91 Å². The number of hydrogen-bond donors (Lipinski definition) is 1. The number of carbonyl (C=O) groups excluding carboxylic acids is 1. The number of rotatable bonds is 5. The highest BCUT2D eigenvalue weighted by molar-refractivity contribution is 5.93. The predicted molar refractivity (Wildman–Crippen MR) is 62.8 cm³/mol. The highest BCUT2D eigenvalue weighted by Crippen LogP contribution is 2.05. The number of carboxylic acid groups (broad SMARTS) is 1. The minimum atomic E-state index is -0.844. The molecular weight excluding hydrogens is 220 g/mol. The SMILES string of the molecule is Cc1cncc(C(=O)N(C)CCCC(=O)O)c1. The van der Waals surface area contributed by atoms with E-state index in [1.807, 2.05) is 6.92 Å². The summed E-state index contributed by atoms with van der Waals surface area (Å²) in [5.74, 6) is -0.977. The fraction of sp³-hybridized carbons (Fsp3) is 0.417. The minimum absolute atomic E-state index is 0.0731. The predicted octanol–water partition coefficient (Wildman–Crippen LogP) is 1.33. The average Bonchev–Trinajstić information content (AvgIpc) is 2.27. The van der Waals surface area contributed by atoms with E-state index in [9.17, 15) is 9.59 Å². The number of aromatic nitrogens is 1. The molecule has 17 heavy (non-hydrogen) atoms. The first-order valence-electron chi connectivity index (χ1n) is 5.39. The number of aryl methyl sites for hydroxylation is 1. The molecule has 1 amide bonds. The number of aliphatic carboxylic acids is 1. The number of pyridine rings is 1. The molecule has 0 bridgehead atoms. The van der Waals surface area contributed by atoms with Crippen LogP contribution in [0.2, 0.25) is 0 Å². The maximum absolute atomic E-state index is 11.9. The zero-order chi connectivity index (χ0) is 12.8. The Kier molecular flexibility index (Phi) is 4.63. The topological polar surface area (TPSA) is 70.5 Å². The summed E-state index contributed by atoms with van der Waals surface area (Å²) >= 11 is 0. The molecule has 0 fully saturated rings. The molecule has 1 rings (SSSR count). The molecule has 0 saturated heterocycles. The third-order valence-corrected chi connectivity index (χ3v) is 2.35. The smallest absolute Gasteiger partial charge is 0.303 e. The second-order valence-corrected chi connectivity index (χ2v) is 3.97. The maximum atomic E-state index is 11.9. The third kappa shape index (κ3) is 4.22. The van der Waals surface area contributed by atoms with Gasteiger partial charge >= 0.3 is 5.97 Å². The molecule has 5 nitrogen and oxygen atoms in total. The van der Waals surface area contributed by atoms with Gasteiger partial charge < -0.3 is 10.0 Å². The molecule has 0 saturated carbocycles. The molecular formula is C12H16N2O3. The molecule has 1 heterocycles. The fourth-order valence-corrected chi connectivity index (χ4v) is 1.46. The summed E-state index contributed by atoms with van der Waals surface area (Å²) in [5.41, 5.74) is 1.46. The molecule has 0 unspecified atom stereocenters. The van der Waals surface area contributed by atoms with Crippen molar-refractivity contribution in [3.8, 4) is 0 Å². The van der Waals surface area contributed by atoms with Gasteiger partial charge in [-0.3, -0.25) is 14.6 Å². The van der Waals surface area contributed by atoms with E-state index in [4.69, 9.17) is 5.11 Å². The number of hydrogen-bond acceptors (Lipinski definition) is 3. The van der Waals surface area contributed by atoms with Gasteiger partial charge in [-0.05, 0) is 25.0 Å². The molecule has 0 aliphatic carbocycles. The average molecular weight is 236 g/mol. The Bertz CT molecular complexity index is 418. The van der Waals surface area contributed by atoms with Crippen molar-refractivity contribution in [3.63, 3.8) is 0 Å². The fourth-order valence-electron chi connectivity index (χ4n) is 1.46. The highest BCUT2D eigenvalue weighted by atomic mass is 16.4. The van der Waals surface area contributed by atoms with E-state index in [-0.39, 0.29) is 12.3 Å². The number of amides is 1. The van der Waals surface area contributed by atoms with Crippen LogP contribution >= 0.6 is 0 Å². The van der Waals surface area contributed by atoms with Gasteiger partial charge in [0.15, 0.2) is 0 Å². The van der Waals surface area contributed by atoms with E-state index in [2.05, 4.69) is 4.98 Å². The van der Waals surface area contributed by atoms with E-state index in [1.54, 1.807) is 19.3 Å². The van der Waals surface area contributed by atoms with E-state index in [1.165, 1.54) is 11.1 Å². The van der Waals surface area contributed by atoms with E-state index < -0.39 is 5.97 Å². The molecule has 0 atom stereocenters. The van der Waals surface area contributed by atoms with Crippen molar-refractivity contribution in [3.05, 3.63) is 29.6 Å². The lowest BCUT2D eigenvalue weighted by atomic mass is 10.2. The van der Waals surface area contributed by atoms with Crippen molar-refractivity contribution < 1.29 is 14.7 Å². The Morgan fingerprint density at radius 1 is 1.41 bits per heavy atom. The van der Waals surface area contributed by atoms with Crippen LogP contribution in [0.15, 0.2) is 18.5 Å². The van der Waals surface area contributed by atoms with Crippen LogP contribution in [0.25, 0.3) is 0 Å². The van der Waals surface area contributed by atoms with Gasteiger partial charge in [-0.2, -0.15) is 0 Å². The van der Waals surface area contributed by atoms with Crippen molar-refractivity contribution in [2.24, 2.45) is 0 Å². The van der Waals surface area contributed by atoms with E-state index in [0.29, 0.717) is 18.5 Å². The molecule has 1 aromatic rings. The van der Waals surface area contributed by atoms with Crippen LogP contribution in [0.3, 0.4) is 0 Å². The molecule has 1 aromatic heterocycles. The lowest BCUT2D eigenvalue weighted by Gasteiger charge is -2.16. The molecule has 5 heteroatoms. The summed E-state index contributed by atoms with van der Waals surface area (Å²) in [7, 11) is 1.66. The summed E-state index contributed by atoms with van der Waals surface area (Å²) in [6.45, 7) is 2.30. The zero-order valence-corrected chi connectivity index (χ0v) is 10.0. The van der Waals surface area contributed by atoms with Crippen LogP contribution in [-0.2, 0) is 4.79 Å². The third-order valence-electron chi connectivity index (χ3n) is 2.35. The summed E-state index contributed by atoms with van der Waals surface area (Å²) in [4.78, 5) is 27.7. The largest absolute Gasteiger partial charge is 0.481 e. The minimum Gasteiger partial charge on any atom is -0.481 e.